The molecule has 3 unspecified atom stereocenters. The highest BCUT2D eigenvalue weighted by molar-refractivity contribution is 5.85. The van der Waals surface area contributed by atoms with E-state index in [-0.39, 0.29) is 17.8 Å². The lowest BCUT2D eigenvalue weighted by Gasteiger charge is -2.39. The summed E-state index contributed by atoms with van der Waals surface area (Å²) >= 11 is 0. The van der Waals surface area contributed by atoms with Crippen LogP contribution in [0, 0.1) is 17.3 Å². The van der Waals surface area contributed by atoms with Crippen LogP contribution in [0.1, 0.15) is 33.6 Å². The molecular weight excluding hydrogens is 236 g/mol. The Morgan fingerprint density at radius 1 is 1.35 bits per heavy atom. The van der Waals surface area contributed by atoms with Crippen molar-refractivity contribution < 1.29 is 4.79 Å². The van der Waals surface area contributed by atoms with Crippen molar-refractivity contribution in [2.75, 3.05) is 26.2 Å². The van der Waals surface area contributed by atoms with Crippen molar-refractivity contribution in [3.63, 3.8) is 0 Å². The fourth-order valence-electron chi connectivity index (χ4n) is 2.83. The van der Waals surface area contributed by atoms with Crippen LogP contribution in [0.15, 0.2) is 0 Å². The third-order valence-electron chi connectivity index (χ3n) is 4.51. The molecule has 1 amide bonds. The van der Waals surface area contributed by atoms with Gasteiger partial charge in [0.15, 0.2) is 0 Å². The van der Waals surface area contributed by atoms with Crippen LogP contribution in [-0.4, -0.2) is 37.0 Å². The lowest BCUT2D eigenvalue weighted by atomic mass is 9.84. The summed E-state index contributed by atoms with van der Waals surface area (Å²) in [7, 11) is 0. The normalized spacial score (nSPS) is 37.7. The van der Waals surface area contributed by atoms with E-state index in [0.717, 1.165) is 44.9 Å². The molecule has 0 aromatic rings. The molecule has 1 N–H and O–H groups in total. The van der Waals surface area contributed by atoms with E-state index in [2.05, 4.69) is 31.0 Å². The number of rotatable bonds is 1. The van der Waals surface area contributed by atoms with Gasteiger partial charge in [0.05, 0.1) is 5.41 Å². The molecule has 0 saturated carbocycles. The molecule has 17 heavy (non-hydrogen) atoms. The van der Waals surface area contributed by atoms with Gasteiger partial charge in [-0.05, 0) is 38.1 Å². The van der Waals surface area contributed by atoms with Crippen LogP contribution < -0.4 is 5.32 Å². The molecular formula is C13H25ClN2O. The molecule has 0 aromatic heterocycles. The molecule has 2 aliphatic heterocycles. The number of hydrogen-bond acceptors (Lipinski definition) is 2. The van der Waals surface area contributed by atoms with Crippen LogP contribution in [0.5, 0.6) is 0 Å². The van der Waals surface area contributed by atoms with Crippen LogP contribution in [-0.2, 0) is 4.79 Å². The van der Waals surface area contributed by atoms with Crippen LogP contribution in [0.4, 0.5) is 0 Å². The Balaban J connectivity index is 0.00000144. The number of hydrogen-bond donors (Lipinski definition) is 1. The van der Waals surface area contributed by atoms with Crippen molar-refractivity contribution in [1.82, 2.24) is 10.2 Å². The highest BCUT2D eigenvalue weighted by atomic mass is 35.5. The van der Waals surface area contributed by atoms with E-state index < -0.39 is 0 Å². The number of carbonyl (C=O) groups is 1. The average Bonchev–Trinajstić information content (AvgIpc) is 2.70. The number of carbonyl (C=O) groups excluding carboxylic acids is 1. The SMILES string of the molecule is CC1CCN(C(=O)C2(C)CCNC2)CC1C.Cl. The molecule has 2 rings (SSSR count). The van der Waals surface area contributed by atoms with Crippen molar-refractivity contribution in [2.45, 2.75) is 33.6 Å². The molecule has 0 spiro atoms. The zero-order chi connectivity index (χ0) is 11.8. The van der Waals surface area contributed by atoms with Crippen LogP contribution >= 0.6 is 12.4 Å². The number of amides is 1. The van der Waals surface area contributed by atoms with Crippen LogP contribution in [0.25, 0.3) is 0 Å². The van der Waals surface area contributed by atoms with E-state index in [0.29, 0.717) is 11.8 Å². The fourth-order valence-corrected chi connectivity index (χ4v) is 2.83. The number of piperidine rings is 1. The van der Waals surface area contributed by atoms with Crippen molar-refractivity contribution in [1.29, 1.82) is 0 Å². The van der Waals surface area contributed by atoms with Crippen molar-refractivity contribution >= 4 is 18.3 Å². The molecule has 4 heteroatoms. The topological polar surface area (TPSA) is 32.3 Å². The molecule has 2 saturated heterocycles. The summed E-state index contributed by atoms with van der Waals surface area (Å²) in [4.78, 5) is 14.6. The van der Waals surface area contributed by atoms with E-state index in [1.165, 1.54) is 0 Å². The first kappa shape index (κ1) is 14.8. The van der Waals surface area contributed by atoms with Crippen molar-refractivity contribution in [2.24, 2.45) is 17.3 Å². The molecule has 2 fully saturated rings. The second kappa shape index (κ2) is 5.57. The predicted octanol–water partition coefficient (Wildman–Crippen LogP) is 1.91. The summed E-state index contributed by atoms with van der Waals surface area (Å²) < 4.78 is 0. The van der Waals surface area contributed by atoms with E-state index >= 15 is 0 Å². The van der Waals surface area contributed by atoms with Crippen molar-refractivity contribution in [3.8, 4) is 0 Å². The molecule has 0 radical (unpaired) electrons. The Morgan fingerprint density at radius 2 is 2.06 bits per heavy atom. The smallest absolute Gasteiger partial charge is 0.229 e. The first-order valence-electron chi connectivity index (χ1n) is 6.53. The van der Waals surface area contributed by atoms with Gasteiger partial charge >= 0.3 is 0 Å². The zero-order valence-electron chi connectivity index (χ0n) is 11.2. The standard InChI is InChI=1S/C13H24N2O.ClH/c1-10-4-7-15(8-11(10)2)12(16)13(3)5-6-14-9-13;/h10-11,14H,4-9H2,1-3H3;1H. The minimum absolute atomic E-state index is 0. The summed E-state index contributed by atoms with van der Waals surface area (Å²) in [5, 5.41) is 3.31. The van der Waals surface area contributed by atoms with Gasteiger partial charge in [-0.25, -0.2) is 0 Å². The molecule has 3 nitrogen and oxygen atoms in total. The molecule has 100 valence electrons. The quantitative estimate of drug-likeness (QED) is 0.781. The summed E-state index contributed by atoms with van der Waals surface area (Å²) in [6, 6.07) is 0. The Bertz CT molecular complexity index is 277. The third-order valence-corrected chi connectivity index (χ3v) is 4.51. The maximum absolute atomic E-state index is 12.5. The van der Waals surface area contributed by atoms with Gasteiger partial charge in [-0.15, -0.1) is 12.4 Å². The van der Waals surface area contributed by atoms with E-state index in [9.17, 15) is 4.79 Å². The third kappa shape index (κ3) is 2.94. The Kier molecular flexibility index (Phi) is 4.85. The first-order chi connectivity index (χ1) is 7.53. The zero-order valence-corrected chi connectivity index (χ0v) is 12.0. The van der Waals surface area contributed by atoms with Gasteiger partial charge in [0.1, 0.15) is 0 Å². The van der Waals surface area contributed by atoms with Gasteiger partial charge in [0.25, 0.3) is 0 Å². The summed E-state index contributed by atoms with van der Waals surface area (Å²) in [6.45, 7) is 10.4. The monoisotopic (exact) mass is 260 g/mol. The number of halogens is 1. The van der Waals surface area contributed by atoms with Gasteiger partial charge < -0.3 is 10.2 Å². The van der Waals surface area contributed by atoms with Crippen molar-refractivity contribution in [3.05, 3.63) is 0 Å². The predicted molar refractivity (Wildman–Crippen MR) is 72.4 cm³/mol. The van der Waals surface area contributed by atoms with E-state index in [1.54, 1.807) is 0 Å². The van der Waals surface area contributed by atoms with Gasteiger partial charge in [-0.3, -0.25) is 4.79 Å². The summed E-state index contributed by atoms with van der Waals surface area (Å²) in [5.74, 6) is 1.78. The second-order valence-corrected chi connectivity index (χ2v) is 5.98. The van der Waals surface area contributed by atoms with Gasteiger partial charge in [-0.1, -0.05) is 13.8 Å². The number of nitrogens with zero attached hydrogens (tertiary/aromatic N) is 1. The largest absolute Gasteiger partial charge is 0.342 e. The minimum atomic E-state index is -0.139. The molecule has 0 aromatic carbocycles. The van der Waals surface area contributed by atoms with E-state index in [1.807, 2.05) is 0 Å². The fraction of sp³-hybridized carbons (Fsp3) is 0.923. The molecule has 2 aliphatic rings. The molecule has 3 atom stereocenters. The highest BCUT2D eigenvalue weighted by Crippen LogP contribution is 2.30. The molecule has 0 aliphatic carbocycles. The minimum Gasteiger partial charge on any atom is -0.342 e. The number of nitrogens with one attached hydrogen (secondary N) is 1. The molecule has 0 bridgehead atoms. The number of likely N-dealkylation sites (tertiary alicyclic amines) is 1. The lowest BCUT2D eigenvalue weighted by molar-refractivity contribution is -0.142. The van der Waals surface area contributed by atoms with Crippen LogP contribution in [0.3, 0.4) is 0 Å². The molecule has 2 heterocycles. The van der Waals surface area contributed by atoms with Gasteiger partial charge in [-0.2, -0.15) is 0 Å². The first-order valence-corrected chi connectivity index (χ1v) is 6.53. The average molecular weight is 261 g/mol. The van der Waals surface area contributed by atoms with Gasteiger partial charge in [0, 0.05) is 19.6 Å². The van der Waals surface area contributed by atoms with E-state index in [4.69, 9.17) is 0 Å². The highest BCUT2D eigenvalue weighted by Gasteiger charge is 2.40. The summed E-state index contributed by atoms with van der Waals surface area (Å²) in [5.41, 5.74) is -0.139. The van der Waals surface area contributed by atoms with Crippen LogP contribution in [0.2, 0.25) is 0 Å². The van der Waals surface area contributed by atoms with Gasteiger partial charge in [0.2, 0.25) is 5.91 Å². The Morgan fingerprint density at radius 3 is 2.59 bits per heavy atom. The second-order valence-electron chi connectivity index (χ2n) is 5.98. The lowest BCUT2D eigenvalue weighted by Crippen LogP contribution is -2.49. The Labute approximate surface area is 111 Å². The maximum atomic E-state index is 12.5. The summed E-state index contributed by atoms with van der Waals surface area (Å²) in [6.07, 6.45) is 2.16. The Hall–Kier alpha value is -0.280. The maximum Gasteiger partial charge on any atom is 0.229 e.